The number of nitrogens with one attached hydrogen (secondary N) is 2. The number of aliphatic hydroxyl groups excluding tert-OH is 6. The van der Waals surface area contributed by atoms with E-state index < -0.39 is 97.5 Å². The summed E-state index contributed by atoms with van der Waals surface area (Å²) in [6.07, 6.45) is -7.60. The van der Waals surface area contributed by atoms with Crippen molar-refractivity contribution in [3.8, 4) is 0 Å². The quantitative estimate of drug-likeness (QED) is 0.0980. The Labute approximate surface area is 262 Å². The molecular weight excluding hydrogens is 594 g/mol. The Hall–Kier alpha value is -1.26. The number of nitrogens with two attached hydrogens (primary N) is 5. The van der Waals surface area contributed by atoms with E-state index in [0.29, 0.717) is 12.5 Å². The number of aliphatic hydroxyl groups is 7. The molecule has 0 aromatic heterocycles. The van der Waals surface area contributed by atoms with E-state index in [9.17, 15) is 35.7 Å². The van der Waals surface area contributed by atoms with E-state index in [-0.39, 0.29) is 43.5 Å². The fourth-order valence-corrected chi connectivity index (χ4v) is 7.49. The Bertz CT molecular complexity index is 1020. The highest BCUT2D eigenvalue weighted by Crippen LogP contribution is 2.39. The van der Waals surface area contributed by atoms with Crippen LogP contribution in [0.15, 0.2) is 12.0 Å². The maximum absolute atomic E-state index is 11.9. The Kier molecular flexibility index (Phi) is 11.0. The topological polar surface area (TPSA) is 323 Å². The molecule has 0 aromatic carbocycles. The summed E-state index contributed by atoms with van der Waals surface area (Å²) in [4.78, 5) is 0. The van der Waals surface area contributed by atoms with Crippen molar-refractivity contribution in [1.29, 1.82) is 0 Å². The Morgan fingerprint density at radius 2 is 1.62 bits per heavy atom. The first kappa shape index (κ1) is 35.1. The Morgan fingerprint density at radius 1 is 0.933 bits per heavy atom. The lowest BCUT2D eigenvalue weighted by Crippen LogP contribution is -2.71. The molecule has 2 saturated heterocycles. The highest BCUT2D eigenvalue weighted by Gasteiger charge is 2.55. The fourth-order valence-electron chi connectivity index (χ4n) is 7.49. The van der Waals surface area contributed by atoms with Gasteiger partial charge in [0.25, 0.3) is 0 Å². The largest absolute Gasteiger partial charge is 0.488 e. The van der Waals surface area contributed by atoms with Gasteiger partial charge in [-0.25, -0.2) is 0 Å². The van der Waals surface area contributed by atoms with Crippen molar-refractivity contribution >= 4 is 0 Å². The molecule has 260 valence electrons. The van der Waals surface area contributed by atoms with Gasteiger partial charge in [0.15, 0.2) is 6.29 Å². The molecular formula is C28H53N7O10. The molecule has 17 nitrogen and oxygen atoms in total. The van der Waals surface area contributed by atoms with Crippen LogP contribution in [0.4, 0.5) is 0 Å². The second-order valence-corrected chi connectivity index (χ2v) is 13.9. The third-order valence-corrected chi connectivity index (χ3v) is 10.3. The third-order valence-electron chi connectivity index (χ3n) is 10.3. The molecule has 5 fully saturated rings. The zero-order valence-corrected chi connectivity index (χ0v) is 25.3. The molecule has 14 atom stereocenters. The molecule has 5 aliphatic rings. The van der Waals surface area contributed by atoms with Gasteiger partial charge in [0.05, 0.1) is 18.8 Å². The summed E-state index contributed by atoms with van der Waals surface area (Å²) in [6.45, 7) is 0.0490. The maximum Gasteiger partial charge on any atom is 0.186 e. The van der Waals surface area contributed by atoms with E-state index in [1.807, 2.05) is 0 Å². The summed E-state index contributed by atoms with van der Waals surface area (Å²) in [5.41, 5.74) is 29.3. The van der Waals surface area contributed by atoms with E-state index >= 15 is 0 Å². The molecule has 0 aromatic rings. The predicted octanol–water partition coefficient (Wildman–Crippen LogP) is -6.38. The van der Waals surface area contributed by atoms with Crippen LogP contribution in [0, 0.1) is 11.8 Å². The lowest BCUT2D eigenvalue weighted by Gasteiger charge is -2.52. The van der Waals surface area contributed by atoms with Gasteiger partial charge in [-0.3, -0.25) is 5.32 Å². The lowest BCUT2D eigenvalue weighted by atomic mass is 9.71. The maximum atomic E-state index is 11.9. The van der Waals surface area contributed by atoms with Crippen LogP contribution in [0.3, 0.4) is 0 Å². The number of hydrogen-bond donors (Lipinski definition) is 14. The van der Waals surface area contributed by atoms with Crippen molar-refractivity contribution in [2.45, 2.75) is 136 Å². The van der Waals surface area contributed by atoms with E-state index in [1.165, 1.54) is 0 Å². The van der Waals surface area contributed by atoms with Gasteiger partial charge >= 0.3 is 0 Å². The minimum atomic E-state index is -1.54. The van der Waals surface area contributed by atoms with Gasteiger partial charge in [-0.05, 0) is 44.4 Å². The molecule has 0 spiro atoms. The van der Waals surface area contributed by atoms with Gasteiger partial charge in [0, 0.05) is 48.9 Å². The van der Waals surface area contributed by atoms with Crippen LogP contribution in [-0.4, -0.2) is 146 Å². The molecule has 17 heteroatoms. The number of ether oxygens (including phenoxy) is 3. The smallest absolute Gasteiger partial charge is 0.186 e. The molecule has 45 heavy (non-hydrogen) atoms. The number of rotatable bonds is 10. The van der Waals surface area contributed by atoms with Crippen LogP contribution >= 0.6 is 0 Å². The number of hydrogen-bond acceptors (Lipinski definition) is 17. The van der Waals surface area contributed by atoms with Gasteiger partial charge in [-0.1, -0.05) is 0 Å². The average molecular weight is 648 g/mol. The predicted molar refractivity (Wildman–Crippen MR) is 158 cm³/mol. The third kappa shape index (κ3) is 7.28. The van der Waals surface area contributed by atoms with Gasteiger partial charge < -0.3 is 83.9 Å². The molecule has 0 amide bonds. The molecule has 0 bridgehead atoms. The van der Waals surface area contributed by atoms with Gasteiger partial charge in [-0.15, -0.1) is 0 Å². The normalized spacial score (nSPS) is 52.0. The SMILES string of the molecule is NC1CC(CN/C=C2/O[C@H](C3[C@@H](N)C[C@@H](NC(O)C4(O)CC(N)C4)[C@H](O[C@H]4O[C@H](CO)[C@@H](O)[C@H](N)[C@H]4O)[C@H]3O)[C@H](N)C[C@@H]2O)C1. The molecule has 0 radical (unpaired) electrons. The minimum Gasteiger partial charge on any atom is -0.488 e. The zero-order chi connectivity index (χ0) is 32.8. The first-order chi connectivity index (χ1) is 21.2. The van der Waals surface area contributed by atoms with Crippen molar-refractivity contribution in [3.05, 3.63) is 12.0 Å². The van der Waals surface area contributed by atoms with Crippen LogP contribution in [0.1, 0.15) is 38.5 Å². The van der Waals surface area contributed by atoms with E-state index in [2.05, 4.69) is 10.6 Å². The summed E-state index contributed by atoms with van der Waals surface area (Å²) in [7, 11) is 0. The molecule has 2 aliphatic heterocycles. The van der Waals surface area contributed by atoms with E-state index in [0.717, 1.165) is 12.8 Å². The van der Waals surface area contributed by atoms with E-state index in [1.54, 1.807) is 6.20 Å². The highest BCUT2D eigenvalue weighted by molar-refractivity contribution is 5.12. The van der Waals surface area contributed by atoms with E-state index in [4.69, 9.17) is 42.9 Å². The molecule has 19 N–H and O–H groups in total. The average Bonchev–Trinajstić information content (AvgIpc) is 2.95. The summed E-state index contributed by atoms with van der Waals surface area (Å²) < 4.78 is 18.0. The summed E-state index contributed by atoms with van der Waals surface area (Å²) in [5, 5.41) is 81.2. The Balaban J connectivity index is 1.35. The van der Waals surface area contributed by atoms with Crippen LogP contribution in [0.2, 0.25) is 0 Å². The fraction of sp³-hybridized carbons (Fsp3) is 0.929. The summed E-state index contributed by atoms with van der Waals surface area (Å²) in [5.74, 6) is -0.180. The first-order valence-electron chi connectivity index (χ1n) is 15.9. The van der Waals surface area contributed by atoms with Gasteiger partial charge in [0.2, 0.25) is 0 Å². The van der Waals surface area contributed by atoms with Crippen molar-refractivity contribution in [2.24, 2.45) is 40.5 Å². The molecule has 5 rings (SSSR count). The summed E-state index contributed by atoms with van der Waals surface area (Å²) in [6, 6.07) is -3.67. The van der Waals surface area contributed by atoms with Gasteiger partial charge in [0.1, 0.15) is 54.2 Å². The van der Waals surface area contributed by atoms with Crippen LogP contribution in [0.5, 0.6) is 0 Å². The standard InChI is InChI=1S/C28H53N7O10/c29-11-1-10(2-11)7-34-8-17-16(37)4-14(32)24(43-17)19-13(31)3-15(35-27(41)28(42)5-12(30)6-28)25(22(19)39)45-26-23(40)20(33)21(38)18(9-36)44-26/h8,10-16,18-27,34-42H,1-7,9,29-33H2/b17-8+/t10?,11?,12?,13-,14+,15+,16-,18+,19?,20-,21+,22-,23+,24-,25-,26+,27?,28?/m0/s1. The van der Waals surface area contributed by atoms with Crippen molar-refractivity contribution < 1.29 is 50.0 Å². The highest BCUT2D eigenvalue weighted by atomic mass is 16.7. The van der Waals surface area contributed by atoms with Crippen LogP contribution in [-0.2, 0) is 14.2 Å². The molecule has 3 aliphatic carbocycles. The molecule has 2 unspecified atom stereocenters. The molecule has 3 saturated carbocycles. The summed E-state index contributed by atoms with van der Waals surface area (Å²) >= 11 is 0. The monoisotopic (exact) mass is 647 g/mol. The van der Waals surface area contributed by atoms with Crippen molar-refractivity contribution in [1.82, 2.24) is 10.6 Å². The van der Waals surface area contributed by atoms with Gasteiger partial charge in [-0.2, -0.15) is 0 Å². The second kappa shape index (κ2) is 14.1. The Morgan fingerprint density at radius 3 is 2.24 bits per heavy atom. The van der Waals surface area contributed by atoms with Crippen LogP contribution < -0.4 is 39.3 Å². The minimum absolute atomic E-state index is 0.0981. The van der Waals surface area contributed by atoms with Crippen molar-refractivity contribution in [2.75, 3.05) is 13.2 Å². The lowest BCUT2D eigenvalue weighted by molar-refractivity contribution is -0.307. The second-order valence-electron chi connectivity index (χ2n) is 13.9. The first-order valence-corrected chi connectivity index (χ1v) is 15.9. The zero-order valence-electron chi connectivity index (χ0n) is 25.3. The molecule has 2 heterocycles. The van der Waals surface area contributed by atoms with Crippen LogP contribution in [0.25, 0.3) is 0 Å². The van der Waals surface area contributed by atoms with Crippen molar-refractivity contribution in [3.63, 3.8) is 0 Å².